The highest BCUT2D eigenvalue weighted by Gasteiger charge is 2.09. The quantitative estimate of drug-likeness (QED) is 0.564. The Morgan fingerprint density at radius 1 is 1.50 bits per heavy atom. The van der Waals surface area contributed by atoms with Crippen LogP contribution in [0.5, 0.6) is 11.5 Å². The van der Waals surface area contributed by atoms with Crippen LogP contribution in [0, 0.1) is 0 Å². The van der Waals surface area contributed by atoms with Gasteiger partial charge in [0.15, 0.2) is 11.5 Å². The molecule has 1 aromatic carbocycles. The summed E-state index contributed by atoms with van der Waals surface area (Å²) in [4.78, 5) is 0. The summed E-state index contributed by atoms with van der Waals surface area (Å²) in [5.41, 5.74) is 0.712. The summed E-state index contributed by atoms with van der Waals surface area (Å²) in [6.07, 6.45) is 2.29. The molecule has 4 nitrogen and oxygen atoms in total. The van der Waals surface area contributed by atoms with Gasteiger partial charge in [-0.1, -0.05) is 18.2 Å². The zero-order valence-electron chi connectivity index (χ0n) is 10.4. The first-order chi connectivity index (χ1) is 8.69. The number of phenolic OH excluding ortho intramolecular Hbond substituents is 1. The van der Waals surface area contributed by atoms with Gasteiger partial charge in [0.1, 0.15) is 0 Å². The van der Waals surface area contributed by atoms with Crippen molar-refractivity contribution in [3.63, 3.8) is 0 Å². The third kappa shape index (κ3) is 4.47. The van der Waals surface area contributed by atoms with Crippen LogP contribution in [0.25, 0.3) is 0 Å². The Hall–Kier alpha value is -1.39. The molecule has 0 radical (unpaired) electrons. The fraction of sp³-hybridized carbons (Fsp3) is 0.385. The molecule has 0 amide bonds. The van der Waals surface area contributed by atoms with E-state index in [9.17, 15) is 5.11 Å². The Labute approximate surface area is 112 Å². The summed E-state index contributed by atoms with van der Waals surface area (Å²) >= 11 is 5.93. The highest BCUT2D eigenvalue weighted by Crippen LogP contribution is 2.33. The molecule has 0 spiro atoms. The maximum Gasteiger partial charge on any atom is 0.162 e. The minimum Gasteiger partial charge on any atom is -0.504 e. The zero-order valence-corrected chi connectivity index (χ0v) is 11.2. The van der Waals surface area contributed by atoms with E-state index in [0.717, 1.165) is 13.0 Å². The lowest BCUT2D eigenvalue weighted by Gasteiger charge is -2.10. The molecule has 0 saturated heterocycles. The Balaban J connectivity index is 2.46. The zero-order chi connectivity index (χ0) is 13.4. The molecule has 1 rings (SSSR count). The molecule has 0 aliphatic rings. The number of methoxy groups -OCH3 is 1. The van der Waals surface area contributed by atoms with Gasteiger partial charge in [0.2, 0.25) is 0 Å². The van der Waals surface area contributed by atoms with Gasteiger partial charge in [-0.25, -0.2) is 0 Å². The van der Waals surface area contributed by atoms with Crippen molar-refractivity contribution in [2.24, 2.45) is 0 Å². The summed E-state index contributed by atoms with van der Waals surface area (Å²) in [5.74, 6) is 0.506. The van der Waals surface area contributed by atoms with Crippen molar-refractivity contribution < 1.29 is 14.6 Å². The minimum atomic E-state index is 0.122. The number of hydrogen-bond donors (Lipinski definition) is 2. The largest absolute Gasteiger partial charge is 0.504 e. The lowest BCUT2D eigenvalue weighted by molar-refractivity contribution is 0.244. The molecule has 5 heteroatoms. The predicted octanol–water partition coefficient (Wildman–Crippen LogP) is 2.69. The van der Waals surface area contributed by atoms with Crippen LogP contribution in [-0.2, 0) is 11.3 Å². The van der Waals surface area contributed by atoms with Gasteiger partial charge in [0.25, 0.3) is 0 Å². The molecule has 0 saturated carbocycles. The van der Waals surface area contributed by atoms with E-state index in [4.69, 9.17) is 21.1 Å². The maximum atomic E-state index is 9.89. The summed E-state index contributed by atoms with van der Waals surface area (Å²) in [7, 11) is 1.50. The van der Waals surface area contributed by atoms with Crippen molar-refractivity contribution in [1.29, 1.82) is 0 Å². The van der Waals surface area contributed by atoms with Crippen LogP contribution in [0.15, 0.2) is 25.0 Å². The van der Waals surface area contributed by atoms with Crippen molar-refractivity contribution in [3.8, 4) is 11.5 Å². The standard InChI is InChI=1S/C13H18ClNO3/c1-3-18-6-4-5-15-9-10-7-11(14)8-12(17-2)13(10)16/h3,7-8,15-16H,1,4-6,9H2,2H3. The molecule has 0 aliphatic carbocycles. The van der Waals surface area contributed by atoms with Crippen LogP contribution in [0.1, 0.15) is 12.0 Å². The first-order valence-corrected chi connectivity index (χ1v) is 6.05. The smallest absolute Gasteiger partial charge is 0.162 e. The summed E-state index contributed by atoms with van der Waals surface area (Å²) in [6, 6.07) is 3.30. The van der Waals surface area contributed by atoms with E-state index in [-0.39, 0.29) is 5.75 Å². The molecule has 0 fully saturated rings. The third-order valence-electron chi connectivity index (χ3n) is 2.39. The number of halogens is 1. The number of phenols is 1. The SMILES string of the molecule is C=COCCCNCc1cc(Cl)cc(OC)c1O. The van der Waals surface area contributed by atoms with E-state index in [1.165, 1.54) is 13.4 Å². The number of ether oxygens (including phenoxy) is 2. The molecular formula is C13H18ClNO3. The second-order valence-electron chi connectivity index (χ2n) is 3.68. The van der Waals surface area contributed by atoms with Gasteiger partial charge < -0.3 is 19.9 Å². The fourth-order valence-electron chi connectivity index (χ4n) is 1.51. The van der Waals surface area contributed by atoms with Gasteiger partial charge in [0, 0.05) is 23.2 Å². The molecule has 18 heavy (non-hydrogen) atoms. The molecule has 0 atom stereocenters. The van der Waals surface area contributed by atoms with Crippen LogP contribution in [0.4, 0.5) is 0 Å². The van der Waals surface area contributed by atoms with Crippen molar-refractivity contribution in [2.75, 3.05) is 20.3 Å². The van der Waals surface area contributed by atoms with E-state index in [1.807, 2.05) is 0 Å². The van der Waals surface area contributed by atoms with Crippen molar-refractivity contribution in [1.82, 2.24) is 5.32 Å². The van der Waals surface area contributed by atoms with Crippen molar-refractivity contribution in [2.45, 2.75) is 13.0 Å². The average Bonchev–Trinajstić information content (AvgIpc) is 2.37. The maximum absolute atomic E-state index is 9.89. The van der Waals surface area contributed by atoms with Crippen LogP contribution >= 0.6 is 11.6 Å². The van der Waals surface area contributed by atoms with E-state index in [0.29, 0.717) is 29.5 Å². The number of rotatable bonds is 8. The topological polar surface area (TPSA) is 50.7 Å². The minimum absolute atomic E-state index is 0.122. The molecule has 2 N–H and O–H groups in total. The van der Waals surface area contributed by atoms with E-state index in [1.54, 1.807) is 12.1 Å². The van der Waals surface area contributed by atoms with Crippen molar-refractivity contribution in [3.05, 3.63) is 35.6 Å². The molecule has 1 aromatic rings. The van der Waals surface area contributed by atoms with Gasteiger partial charge in [-0.3, -0.25) is 0 Å². The summed E-state index contributed by atoms with van der Waals surface area (Å²) in [6.45, 7) is 5.39. The second kappa shape index (κ2) is 7.84. The predicted molar refractivity (Wildman–Crippen MR) is 72.1 cm³/mol. The van der Waals surface area contributed by atoms with Gasteiger partial charge >= 0.3 is 0 Å². The molecule has 0 aromatic heterocycles. The van der Waals surface area contributed by atoms with Crippen LogP contribution in [-0.4, -0.2) is 25.4 Å². The Morgan fingerprint density at radius 2 is 2.28 bits per heavy atom. The van der Waals surface area contributed by atoms with E-state index >= 15 is 0 Å². The number of benzene rings is 1. The first-order valence-electron chi connectivity index (χ1n) is 5.67. The molecule has 0 aliphatic heterocycles. The van der Waals surface area contributed by atoms with Gasteiger partial charge in [0.05, 0.1) is 20.0 Å². The van der Waals surface area contributed by atoms with Crippen LogP contribution in [0.3, 0.4) is 0 Å². The molecular weight excluding hydrogens is 254 g/mol. The fourth-order valence-corrected chi connectivity index (χ4v) is 1.74. The molecule has 100 valence electrons. The molecule has 0 bridgehead atoms. The number of aromatic hydroxyl groups is 1. The van der Waals surface area contributed by atoms with E-state index < -0.39 is 0 Å². The van der Waals surface area contributed by atoms with Crippen LogP contribution < -0.4 is 10.1 Å². The monoisotopic (exact) mass is 271 g/mol. The highest BCUT2D eigenvalue weighted by atomic mass is 35.5. The second-order valence-corrected chi connectivity index (χ2v) is 4.12. The van der Waals surface area contributed by atoms with Crippen molar-refractivity contribution >= 4 is 11.6 Å². The summed E-state index contributed by atoms with van der Waals surface area (Å²) < 4.78 is 10.0. The Kier molecular flexibility index (Phi) is 6.39. The first kappa shape index (κ1) is 14.7. The lowest BCUT2D eigenvalue weighted by Crippen LogP contribution is -2.16. The third-order valence-corrected chi connectivity index (χ3v) is 2.61. The summed E-state index contributed by atoms with van der Waals surface area (Å²) in [5, 5.41) is 13.6. The van der Waals surface area contributed by atoms with Crippen LogP contribution in [0.2, 0.25) is 5.02 Å². The highest BCUT2D eigenvalue weighted by molar-refractivity contribution is 6.30. The van der Waals surface area contributed by atoms with Gasteiger partial charge in [-0.2, -0.15) is 0 Å². The molecule has 0 heterocycles. The van der Waals surface area contributed by atoms with E-state index in [2.05, 4.69) is 11.9 Å². The normalized spacial score (nSPS) is 10.1. The van der Waals surface area contributed by atoms with Gasteiger partial charge in [-0.15, -0.1) is 0 Å². The number of nitrogens with one attached hydrogen (secondary N) is 1. The Morgan fingerprint density at radius 3 is 2.94 bits per heavy atom. The molecule has 0 unspecified atom stereocenters. The average molecular weight is 272 g/mol. The number of hydrogen-bond acceptors (Lipinski definition) is 4. The Bertz CT molecular complexity index is 396. The lowest BCUT2D eigenvalue weighted by atomic mass is 10.2. The van der Waals surface area contributed by atoms with Gasteiger partial charge in [-0.05, 0) is 19.0 Å².